The van der Waals surface area contributed by atoms with Gasteiger partial charge in [-0.3, -0.25) is 0 Å². The first-order valence-electron chi connectivity index (χ1n) is 7.03. The highest BCUT2D eigenvalue weighted by atomic mass is 79.9. The summed E-state index contributed by atoms with van der Waals surface area (Å²) in [6.45, 7) is -0.0805. The summed E-state index contributed by atoms with van der Waals surface area (Å²) in [7, 11) is 0. The molecule has 1 aromatic carbocycles. The van der Waals surface area contributed by atoms with Gasteiger partial charge in [0.25, 0.3) is 0 Å². The molecular formula is C15H20BrF2NO. The Hall–Kier alpha value is -0.680. The molecule has 1 fully saturated rings. The van der Waals surface area contributed by atoms with Gasteiger partial charge in [-0.25, -0.2) is 0 Å². The van der Waals surface area contributed by atoms with Crippen LogP contribution < -0.4 is 10.1 Å². The molecule has 0 aliphatic heterocycles. The highest BCUT2D eigenvalue weighted by Gasteiger charge is 2.21. The Morgan fingerprint density at radius 2 is 2.05 bits per heavy atom. The molecule has 0 bridgehead atoms. The van der Waals surface area contributed by atoms with Crippen molar-refractivity contribution in [2.24, 2.45) is 5.92 Å². The van der Waals surface area contributed by atoms with Crippen LogP contribution in [0.15, 0.2) is 22.7 Å². The molecule has 2 nitrogen and oxygen atoms in total. The number of halogens is 3. The first kappa shape index (κ1) is 15.7. The second kappa shape index (κ2) is 7.36. The lowest BCUT2D eigenvalue weighted by atomic mass is 9.99. The normalized spacial score (nSPS) is 17.6. The average Bonchev–Trinajstić information content (AvgIpc) is 2.92. The van der Waals surface area contributed by atoms with Gasteiger partial charge in [0.1, 0.15) is 5.75 Å². The van der Waals surface area contributed by atoms with Crippen LogP contribution in [0.4, 0.5) is 8.78 Å². The number of hydrogen-bond acceptors (Lipinski definition) is 2. The van der Waals surface area contributed by atoms with Crippen LogP contribution in [0.1, 0.15) is 38.2 Å². The molecule has 0 amide bonds. The van der Waals surface area contributed by atoms with E-state index in [0.29, 0.717) is 18.5 Å². The maximum atomic E-state index is 12.4. The SMILES string of the molecule is C[C@H](NCc1cc(Br)ccc1OC(F)F)C1CCCC1. The van der Waals surface area contributed by atoms with E-state index in [1.165, 1.54) is 25.7 Å². The van der Waals surface area contributed by atoms with Gasteiger partial charge in [-0.1, -0.05) is 28.8 Å². The summed E-state index contributed by atoms with van der Waals surface area (Å²) in [4.78, 5) is 0. The summed E-state index contributed by atoms with van der Waals surface area (Å²) in [5.41, 5.74) is 0.754. The Kier molecular flexibility index (Phi) is 5.78. The number of alkyl halides is 2. The predicted molar refractivity (Wildman–Crippen MR) is 79.0 cm³/mol. The minimum atomic E-state index is -2.79. The molecule has 0 unspecified atom stereocenters. The largest absolute Gasteiger partial charge is 0.434 e. The standard InChI is InChI=1S/C15H20BrF2NO/c1-10(11-4-2-3-5-11)19-9-12-8-13(16)6-7-14(12)20-15(17)18/h6-8,10-11,15,19H,2-5,9H2,1H3/t10-/m0/s1. The molecule has 1 aliphatic carbocycles. The van der Waals surface area contributed by atoms with Gasteiger partial charge < -0.3 is 10.1 Å². The van der Waals surface area contributed by atoms with Gasteiger partial charge in [-0.15, -0.1) is 0 Å². The highest BCUT2D eigenvalue weighted by Crippen LogP contribution is 2.29. The molecule has 1 N–H and O–H groups in total. The van der Waals surface area contributed by atoms with Crippen LogP contribution >= 0.6 is 15.9 Å². The van der Waals surface area contributed by atoms with Gasteiger partial charge in [0, 0.05) is 22.6 Å². The minimum absolute atomic E-state index is 0.245. The molecular weight excluding hydrogens is 328 g/mol. The molecule has 0 aromatic heterocycles. The third kappa shape index (κ3) is 4.42. The summed E-state index contributed by atoms with van der Waals surface area (Å²) in [6, 6.07) is 5.51. The van der Waals surface area contributed by atoms with E-state index in [0.717, 1.165) is 10.0 Å². The molecule has 20 heavy (non-hydrogen) atoms. The van der Waals surface area contributed by atoms with Crippen molar-refractivity contribution >= 4 is 15.9 Å². The molecule has 5 heteroatoms. The van der Waals surface area contributed by atoms with Crippen LogP contribution in [-0.4, -0.2) is 12.7 Å². The number of nitrogens with one attached hydrogen (secondary N) is 1. The zero-order chi connectivity index (χ0) is 14.5. The zero-order valence-electron chi connectivity index (χ0n) is 11.5. The number of hydrogen-bond donors (Lipinski definition) is 1. The maximum Gasteiger partial charge on any atom is 0.387 e. The van der Waals surface area contributed by atoms with E-state index in [1.54, 1.807) is 12.1 Å². The Morgan fingerprint density at radius 3 is 2.70 bits per heavy atom. The third-order valence-electron chi connectivity index (χ3n) is 3.96. The fourth-order valence-electron chi connectivity index (χ4n) is 2.79. The third-order valence-corrected chi connectivity index (χ3v) is 4.45. The van der Waals surface area contributed by atoms with E-state index in [4.69, 9.17) is 0 Å². The molecule has 0 radical (unpaired) electrons. The van der Waals surface area contributed by atoms with Crippen molar-refractivity contribution in [1.82, 2.24) is 5.32 Å². The van der Waals surface area contributed by atoms with Crippen LogP contribution in [0.25, 0.3) is 0 Å². The van der Waals surface area contributed by atoms with E-state index >= 15 is 0 Å². The summed E-state index contributed by atoms with van der Waals surface area (Å²) in [5, 5.41) is 3.44. The quantitative estimate of drug-likeness (QED) is 0.803. The fourth-order valence-corrected chi connectivity index (χ4v) is 3.20. The number of rotatable bonds is 6. The van der Waals surface area contributed by atoms with Crippen molar-refractivity contribution in [2.45, 2.75) is 51.8 Å². The molecule has 0 spiro atoms. The summed E-state index contributed by atoms with van der Waals surface area (Å²) in [6.07, 6.45) is 5.11. The van der Waals surface area contributed by atoms with Gasteiger partial charge in [-0.2, -0.15) is 8.78 Å². The monoisotopic (exact) mass is 347 g/mol. The predicted octanol–water partition coefficient (Wildman–Crippen LogP) is 4.72. The van der Waals surface area contributed by atoms with Crippen molar-refractivity contribution in [3.05, 3.63) is 28.2 Å². The summed E-state index contributed by atoms with van der Waals surface area (Å²) < 4.78 is 30.2. The second-order valence-corrected chi connectivity index (χ2v) is 6.26. The lowest BCUT2D eigenvalue weighted by molar-refractivity contribution is -0.0505. The van der Waals surface area contributed by atoms with Gasteiger partial charge >= 0.3 is 6.61 Å². The molecule has 1 aliphatic rings. The van der Waals surface area contributed by atoms with Crippen molar-refractivity contribution in [2.75, 3.05) is 0 Å². The Morgan fingerprint density at radius 1 is 1.35 bits per heavy atom. The van der Waals surface area contributed by atoms with E-state index in [-0.39, 0.29) is 5.75 Å². The molecule has 2 rings (SSSR count). The minimum Gasteiger partial charge on any atom is -0.434 e. The Balaban J connectivity index is 1.98. The van der Waals surface area contributed by atoms with Crippen LogP contribution in [0.5, 0.6) is 5.75 Å². The van der Waals surface area contributed by atoms with Crippen LogP contribution in [-0.2, 0) is 6.54 Å². The molecule has 0 saturated heterocycles. The molecule has 1 aromatic rings. The van der Waals surface area contributed by atoms with E-state index in [2.05, 4.69) is 32.9 Å². The molecule has 0 heterocycles. The summed E-state index contributed by atoms with van der Waals surface area (Å²) >= 11 is 3.37. The first-order chi connectivity index (χ1) is 9.56. The van der Waals surface area contributed by atoms with Crippen LogP contribution in [0, 0.1) is 5.92 Å². The number of benzene rings is 1. The van der Waals surface area contributed by atoms with Crippen molar-refractivity contribution < 1.29 is 13.5 Å². The van der Waals surface area contributed by atoms with E-state index in [9.17, 15) is 8.78 Å². The molecule has 1 saturated carbocycles. The van der Waals surface area contributed by atoms with Gasteiger partial charge in [-0.05, 0) is 43.9 Å². The van der Waals surface area contributed by atoms with Crippen LogP contribution in [0.2, 0.25) is 0 Å². The smallest absolute Gasteiger partial charge is 0.387 e. The Bertz CT molecular complexity index is 436. The average molecular weight is 348 g/mol. The fraction of sp³-hybridized carbons (Fsp3) is 0.600. The van der Waals surface area contributed by atoms with Crippen LogP contribution in [0.3, 0.4) is 0 Å². The van der Waals surface area contributed by atoms with Crippen molar-refractivity contribution in [3.63, 3.8) is 0 Å². The summed E-state index contributed by atoms with van der Waals surface area (Å²) in [5.74, 6) is 0.941. The lowest BCUT2D eigenvalue weighted by Crippen LogP contribution is -2.31. The molecule has 112 valence electrons. The first-order valence-corrected chi connectivity index (χ1v) is 7.82. The maximum absolute atomic E-state index is 12.4. The number of ether oxygens (including phenoxy) is 1. The lowest BCUT2D eigenvalue weighted by Gasteiger charge is -2.21. The zero-order valence-corrected chi connectivity index (χ0v) is 13.1. The van der Waals surface area contributed by atoms with E-state index in [1.807, 2.05) is 6.07 Å². The van der Waals surface area contributed by atoms with Gasteiger partial charge in [0.2, 0.25) is 0 Å². The molecule has 1 atom stereocenters. The van der Waals surface area contributed by atoms with Gasteiger partial charge in [0.15, 0.2) is 0 Å². The topological polar surface area (TPSA) is 21.3 Å². The highest BCUT2D eigenvalue weighted by molar-refractivity contribution is 9.10. The second-order valence-electron chi connectivity index (χ2n) is 5.34. The Labute approximate surface area is 127 Å². The van der Waals surface area contributed by atoms with Crippen molar-refractivity contribution in [3.8, 4) is 5.75 Å². The van der Waals surface area contributed by atoms with E-state index < -0.39 is 6.61 Å². The van der Waals surface area contributed by atoms with Gasteiger partial charge in [0.05, 0.1) is 0 Å². The van der Waals surface area contributed by atoms with Crippen molar-refractivity contribution in [1.29, 1.82) is 0 Å².